The fraction of sp³-hybridized carbons (Fsp3) is 0.714. The van der Waals surface area contributed by atoms with Crippen molar-refractivity contribution in [3.8, 4) is 0 Å². The van der Waals surface area contributed by atoms with Crippen molar-refractivity contribution in [1.82, 2.24) is 20.4 Å². The summed E-state index contributed by atoms with van der Waals surface area (Å²) in [6, 6.07) is 0.615. The van der Waals surface area contributed by atoms with Gasteiger partial charge in [-0.25, -0.2) is 0 Å². The van der Waals surface area contributed by atoms with Crippen molar-refractivity contribution in [1.29, 1.82) is 0 Å². The smallest absolute Gasteiger partial charge is 0.155 e. The lowest BCUT2D eigenvalue weighted by Crippen LogP contribution is -2.44. The molecule has 0 amide bonds. The van der Waals surface area contributed by atoms with E-state index in [1.165, 1.54) is 19.4 Å². The Hall–Kier alpha value is -0.420. The van der Waals surface area contributed by atoms with Gasteiger partial charge in [0, 0.05) is 12.6 Å². The molecule has 1 N–H and O–H groups in total. The molecule has 2 heterocycles. The van der Waals surface area contributed by atoms with Crippen LogP contribution in [0.15, 0.2) is 0 Å². The summed E-state index contributed by atoms with van der Waals surface area (Å²) in [7, 11) is 2.18. The number of rotatable bonds is 5. The van der Waals surface area contributed by atoms with Crippen molar-refractivity contribution < 1.29 is 0 Å². The molecule has 0 spiro atoms. The fourth-order valence-electron chi connectivity index (χ4n) is 2.70. The summed E-state index contributed by atoms with van der Waals surface area (Å²) in [6.45, 7) is 5.30. The molecule has 112 valence electrons. The Morgan fingerprint density at radius 2 is 2.05 bits per heavy atom. The van der Waals surface area contributed by atoms with Gasteiger partial charge in [-0.1, -0.05) is 23.2 Å². The maximum atomic E-state index is 6.09. The second-order valence-electron chi connectivity index (χ2n) is 5.54. The van der Waals surface area contributed by atoms with Crippen LogP contribution in [0.4, 0.5) is 0 Å². The molecule has 20 heavy (non-hydrogen) atoms. The van der Waals surface area contributed by atoms with Crippen LogP contribution in [0.2, 0.25) is 10.3 Å². The number of nitrogens with zero attached hydrogens (tertiary/aromatic N) is 3. The molecule has 1 aromatic rings. The first kappa shape index (κ1) is 16.0. The van der Waals surface area contributed by atoms with E-state index in [1.54, 1.807) is 0 Å². The van der Waals surface area contributed by atoms with Crippen LogP contribution in [0.5, 0.6) is 0 Å². The maximum absolute atomic E-state index is 6.09. The minimum absolute atomic E-state index is 0.450. The molecule has 0 bridgehead atoms. The molecule has 1 saturated heterocycles. The van der Waals surface area contributed by atoms with Gasteiger partial charge in [0.15, 0.2) is 10.3 Å². The fourth-order valence-corrected chi connectivity index (χ4v) is 3.12. The summed E-state index contributed by atoms with van der Waals surface area (Å²) in [4.78, 5) is 2.38. The lowest BCUT2D eigenvalue weighted by atomic mass is 10.1. The van der Waals surface area contributed by atoms with Gasteiger partial charge in [-0.05, 0) is 63.9 Å². The van der Waals surface area contributed by atoms with E-state index in [9.17, 15) is 0 Å². The molecule has 0 aromatic carbocycles. The molecule has 0 unspecified atom stereocenters. The normalized spacial score (nSPS) is 20.3. The number of aromatic nitrogens is 2. The zero-order valence-corrected chi connectivity index (χ0v) is 13.6. The Morgan fingerprint density at radius 1 is 1.30 bits per heavy atom. The molecule has 2 rings (SSSR count). The number of nitrogens with one attached hydrogen (secondary N) is 1. The highest BCUT2D eigenvalue weighted by molar-refractivity contribution is 6.32. The highest BCUT2D eigenvalue weighted by atomic mass is 35.5. The van der Waals surface area contributed by atoms with Crippen molar-refractivity contribution in [2.75, 3.05) is 26.7 Å². The first-order chi connectivity index (χ1) is 9.58. The number of likely N-dealkylation sites (tertiary alicyclic amines) is 1. The van der Waals surface area contributed by atoms with Gasteiger partial charge in [-0.15, -0.1) is 10.2 Å². The standard InChI is InChI=1S/C14H22Cl2N4/c1-10-12(14(16)19-18-13(10)15)6-3-7-17-11-5-4-8-20(2)9-11/h11,17H,3-9H2,1-2H3/t11-/m1/s1. The average molecular weight is 317 g/mol. The van der Waals surface area contributed by atoms with E-state index in [0.29, 0.717) is 16.3 Å². The third kappa shape index (κ3) is 4.29. The second-order valence-corrected chi connectivity index (χ2v) is 6.26. The quantitative estimate of drug-likeness (QED) is 0.848. The minimum atomic E-state index is 0.450. The van der Waals surface area contributed by atoms with Gasteiger partial charge in [-0.2, -0.15) is 0 Å². The van der Waals surface area contributed by atoms with Gasteiger partial charge in [0.2, 0.25) is 0 Å². The Labute approximate surface area is 130 Å². The lowest BCUT2D eigenvalue weighted by molar-refractivity contribution is 0.227. The summed E-state index contributed by atoms with van der Waals surface area (Å²) in [5.41, 5.74) is 1.97. The van der Waals surface area contributed by atoms with Gasteiger partial charge in [0.1, 0.15) is 0 Å². The van der Waals surface area contributed by atoms with Crippen molar-refractivity contribution >= 4 is 23.2 Å². The zero-order chi connectivity index (χ0) is 14.5. The Kier molecular flexibility index (Phi) is 6.02. The topological polar surface area (TPSA) is 41.1 Å². The van der Waals surface area contributed by atoms with Crippen LogP contribution >= 0.6 is 23.2 Å². The second kappa shape index (κ2) is 7.55. The molecule has 1 aromatic heterocycles. The van der Waals surface area contributed by atoms with E-state index in [1.807, 2.05) is 6.92 Å². The van der Waals surface area contributed by atoms with Gasteiger partial charge < -0.3 is 10.2 Å². The summed E-state index contributed by atoms with van der Waals surface area (Å²) in [5.74, 6) is 0. The molecule has 0 aliphatic carbocycles. The van der Waals surface area contributed by atoms with Crippen LogP contribution in [0.25, 0.3) is 0 Å². The highest BCUT2D eigenvalue weighted by Crippen LogP contribution is 2.23. The van der Waals surface area contributed by atoms with Crippen molar-refractivity contribution in [2.24, 2.45) is 0 Å². The average Bonchev–Trinajstić information content (AvgIpc) is 2.42. The molecule has 6 heteroatoms. The Balaban J connectivity index is 1.77. The maximum Gasteiger partial charge on any atom is 0.155 e. The van der Waals surface area contributed by atoms with E-state index >= 15 is 0 Å². The Bertz CT molecular complexity index is 453. The summed E-state index contributed by atoms with van der Waals surface area (Å²) in [6.07, 6.45) is 4.47. The number of likely N-dealkylation sites (N-methyl/N-ethyl adjacent to an activating group) is 1. The zero-order valence-electron chi connectivity index (χ0n) is 12.1. The Morgan fingerprint density at radius 3 is 2.80 bits per heavy atom. The van der Waals surface area contributed by atoms with E-state index in [0.717, 1.165) is 37.1 Å². The molecular formula is C14H22Cl2N4. The highest BCUT2D eigenvalue weighted by Gasteiger charge is 2.16. The minimum Gasteiger partial charge on any atom is -0.313 e. The summed E-state index contributed by atoms with van der Waals surface area (Å²) >= 11 is 12.1. The first-order valence-corrected chi connectivity index (χ1v) is 7.92. The predicted octanol–water partition coefficient (Wildman–Crippen LogP) is 2.71. The van der Waals surface area contributed by atoms with Gasteiger partial charge >= 0.3 is 0 Å². The first-order valence-electron chi connectivity index (χ1n) is 7.17. The number of hydrogen-bond donors (Lipinski definition) is 1. The van der Waals surface area contributed by atoms with Crippen LogP contribution < -0.4 is 5.32 Å². The lowest BCUT2D eigenvalue weighted by Gasteiger charge is -2.30. The number of halogens is 2. The van der Waals surface area contributed by atoms with Crippen LogP contribution in [-0.2, 0) is 6.42 Å². The van der Waals surface area contributed by atoms with E-state index in [4.69, 9.17) is 23.2 Å². The van der Waals surface area contributed by atoms with Gasteiger partial charge in [-0.3, -0.25) is 0 Å². The third-order valence-electron chi connectivity index (χ3n) is 3.90. The SMILES string of the molecule is Cc1c(Cl)nnc(Cl)c1CCCN[C@@H]1CCCN(C)C1. The summed E-state index contributed by atoms with van der Waals surface area (Å²) < 4.78 is 0. The predicted molar refractivity (Wildman–Crippen MR) is 83.6 cm³/mol. The van der Waals surface area contributed by atoms with E-state index in [-0.39, 0.29) is 0 Å². The van der Waals surface area contributed by atoms with Gasteiger partial charge in [0.05, 0.1) is 0 Å². The van der Waals surface area contributed by atoms with Crippen molar-refractivity contribution in [3.63, 3.8) is 0 Å². The molecule has 1 aliphatic rings. The molecule has 1 aliphatic heterocycles. The van der Waals surface area contributed by atoms with Crippen molar-refractivity contribution in [3.05, 3.63) is 21.4 Å². The number of hydrogen-bond acceptors (Lipinski definition) is 4. The van der Waals surface area contributed by atoms with Crippen LogP contribution in [0, 0.1) is 6.92 Å². The molecule has 1 fully saturated rings. The van der Waals surface area contributed by atoms with E-state index < -0.39 is 0 Å². The van der Waals surface area contributed by atoms with Crippen molar-refractivity contribution in [2.45, 2.75) is 38.6 Å². The molecule has 4 nitrogen and oxygen atoms in total. The van der Waals surface area contributed by atoms with Crippen LogP contribution in [0.1, 0.15) is 30.4 Å². The number of piperidine rings is 1. The van der Waals surface area contributed by atoms with Crippen LogP contribution in [-0.4, -0.2) is 47.8 Å². The largest absolute Gasteiger partial charge is 0.313 e. The molecule has 0 radical (unpaired) electrons. The third-order valence-corrected chi connectivity index (χ3v) is 4.56. The summed E-state index contributed by atoms with van der Waals surface area (Å²) in [5, 5.41) is 12.2. The van der Waals surface area contributed by atoms with E-state index in [2.05, 4.69) is 27.5 Å². The monoisotopic (exact) mass is 316 g/mol. The van der Waals surface area contributed by atoms with Gasteiger partial charge in [0.25, 0.3) is 0 Å². The molecule has 1 atom stereocenters. The van der Waals surface area contributed by atoms with Crippen LogP contribution in [0.3, 0.4) is 0 Å². The molecular weight excluding hydrogens is 295 g/mol. The molecule has 0 saturated carbocycles.